The molecule has 1 rings (SSSR count). The van der Waals surface area contributed by atoms with Crippen LogP contribution in [0.5, 0.6) is 0 Å². The van der Waals surface area contributed by atoms with Crippen LogP contribution < -0.4 is 0 Å². The highest BCUT2D eigenvalue weighted by atomic mass is 32.2. The number of rotatable bonds is 5. The first-order chi connectivity index (χ1) is 7.45. The predicted octanol–water partition coefficient (Wildman–Crippen LogP) is 1.07. The van der Waals surface area contributed by atoms with Gasteiger partial charge in [-0.05, 0) is 31.1 Å². The largest absolute Gasteiger partial charge is 0.396 e. The second-order valence-electron chi connectivity index (χ2n) is 5.01. The van der Waals surface area contributed by atoms with Gasteiger partial charge in [-0.25, -0.2) is 12.7 Å². The van der Waals surface area contributed by atoms with Gasteiger partial charge < -0.3 is 5.11 Å². The van der Waals surface area contributed by atoms with E-state index in [1.165, 1.54) is 0 Å². The minimum atomic E-state index is -3.10. The summed E-state index contributed by atoms with van der Waals surface area (Å²) >= 11 is 0. The van der Waals surface area contributed by atoms with E-state index < -0.39 is 10.0 Å². The zero-order chi connectivity index (χ0) is 12.2. The van der Waals surface area contributed by atoms with Gasteiger partial charge in [0.2, 0.25) is 10.0 Å². The number of aliphatic hydroxyl groups is 1. The maximum atomic E-state index is 12.0. The van der Waals surface area contributed by atoms with Crippen LogP contribution in [0.2, 0.25) is 0 Å². The van der Waals surface area contributed by atoms with Crippen LogP contribution in [0.4, 0.5) is 0 Å². The number of hydrogen-bond acceptors (Lipinski definition) is 3. The molecule has 0 aromatic rings. The topological polar surface area (TPSA) is 57.6 Å². The van der Waals surface area contributed by atoms with Gasteiger partial charge in [-0.1, -0.05) is 13.8 Å². The molecule has 16 heavy (non-hydrogen) atoms. The molecule has 1 fully saturated rings. The molecule has 2 unspecified atom stereocenters. The van der Waals surface area contributed by atoms with E-state index in [1.54, 1.807) is 4.31 Å². The second-order valence-corrected chi connectivity index (χ2v) is 7.10. The van der Waals surface area contributed by atoms with Gasteiger partial charge in [0.1, 0.15) is 0 Å². The molecular formula is C11H23NO3S. The van der Waals surface area contributed by atoms with Gasteiger partial charge in [-0.15, -0.1) is 0 Å². The number of piperidine rings is 1. The Balaban J connectivity index is 2.53. The van der Waals surface area contributed by atoms with Crippen molar-refractivity contribution in [3.63, 3.8) is 0 Å². The summed E-state index contributed by atoms with van der Waals surface area (Å²) in [7, 11) is -3.10. The Kier molecular flexibility index (Phi) is 5.21. The molecule has 1 aliphatic rings. The Morgan fingerprint density at radius 3 is 2.25 bits per heavy atom. The fraction of sp³-hybridized carbons (Fsp3) is 1.00. The Labute approximate surface area is 98.7 Å². The normalized spacial score (nSPS) is 28.2. The van der Waals surface area contributed by atoms with Crippen LogP contribution in [-0.2, 0) is 10.0 Å². The molecule has 0 saturated carbocycles. The molecule has 1 aliphatic heterocycles. The van der Waals surface area contributed by atoms with E-state index in [2.05, 4.69) is 13.8 Å². The van der Waals surface area contributed by atoms with Crippen molar-refractivity contribution in [2.75, 3.05) is 25.4 Å². The summed E-state index contributed by atoms with van der Waals surface area (Å²) in [6.45, 7) is 5.59. The van der Waals surface area contributed by atoms with Gasteiger partial charge >= 0.3 is 0 Å². The minimum absolute atomic E-state index is 0.0718. The van der Waals surface area contributed by atoms with Crippen LogP contribution in [0.25, 0.3) is 0 Å². The molecule has 1 N–H and O–H groups in total. The predicted molar refractivity (Wildman–Crippen MR) is 64.6 cm³/mol. The molecule has 2 atom stereocenters. The van der Waals surface area contributed by atoms with Crippen LogP contribution in [0.3, 0.4) is 0 Å². The van der Waals surface area contributed by atoms with E-state index in [9.17, 15) is 8.42 Å². The fourth-order valence-corrected chi connectivity index (χ4v) is 4.15. The molecular weight excluding hydrogens is 226 g/mol. The van der Waals surface area contributed by atoms with Crippen LogP contribution in [-0.4, -0.2) is 43.3 Å². The smallest absolute Gasteiger partial charge is 0.214 e. The van der Waals surface area contributed by atoms with Gasteiger partial charge in [0, 0.05) is 19.7 Å². The highest BCUT2D eigenvalue weighted by molar-refractivity contribution is 7.89. The molecule has 0 aromatic carbocycles. The van der Waals surface area contributed by atoms with Crippen molar-refractivity contribution in [1.82, 2.24) is 4.31 Å². The van der Waals surface area contributed by atoms with E-state index >= 15 is 0 Å². The molecule has 4 nitrogen and oxygen atoms in total. The Bertz CT molecular complexity index is 292. The first-order valence-electron chi connectivity index (χ1n) is 6.04. The number of aliphatic hydroxyl groups excluding tert-OH is 1. The van der Waals surface area contributed by atoms with Crippen molar-refractivity contribution in [2.24, 2.45) is 11.8 Å². The maximum Gasteiger partial charge on any atom is 0.214 e. The van der Waals surface area contributed by atoms with Crippen molar-refractivity contribution < 1.29 is 13.5 Å². The molecule has 0 aliphatic carbocycles. The van der Waals surface area contributed by atoms with Crippen molar-refractivity contribution in [3.8, 4) is 0 Å². The number of sulfonamides is 1. The van der Waals surface area contributed by atoms with Crippen molar-refractivity contribution in [3.05, 3.63) is 0 Å². The summed E-state index contributed by atoms with van der Waals surface area (Å²) < 4.78 is 25.6. The van der Waals surface area contributed by atoms with Crippen molar-refractivity contribution in [2.45, 2.75) is 33.1 Å². The Morgan fingerprint density at radius 2 is 1.75 bits per heavy atom. The maximum absolute atomic E-state index is 12.0. The Hall–Kier alpha value is -0.130. The lowest BCUT2D eigenvalue weighted by atomic mass is 9.94. The first-order valence-corrected chi connectivity index (χ1v) is 7.65. The third kappa shape index (κ3) is 4.03. The zero-order valence-electron chi connectivity index (χ0n) is 10.2. The summed E-state index contributed by atoms with van der Waals surface area (Å²) in [5.74, 6) is 1.08. The lowest BCUT2D eigenvalue weighted by molar-refractivity contribution is 0.222. The summed E-state index contributed by atoms with van der Waals surface area (Å²) in [5, 5.41) is 8.65. The van der Waals surface area contributed by atoms with E-state index in [1.807, 2.05) is 0 Å². The molecule has 0 spiro atoms. The number of hydrogen-bond donors (Lipinski definition) is 1. The standard InChI is InChI=1S/C11H23NO3S/c1-10-7-11(2)9-12(8-10)16(14,15)6-4-3-5-13/h10-11,13H,3-9H2,1-2H3. The second kappa shape index (κ2) is 5.98. The monoisotopic (exact) mass is 249 g/mol. The number of unbranched alkanes of at least 4 members (excludes halogenated alkanes) is 1. The molecule has 0 amide bonds. The molecule has 5 heteroatoms. The SMILES string of the molecule is CC1CC(C)CN(S(=O)(=O)CCCCO)C1. The average Bonchev–Trinajstić information content (AvgIpc) is 2.16. The van der Waals surface area contributed by atoms with E-state index in [0.29, 0.717) is 37.8 Å². The third-order valence-electron chi connectivity index (χ3n) is 3.04. The third-order valence-corrected chi connectivity index (χ3v) is 4.93. The lowest BCUT2D eigenvalue weighted by Gasteiger charge is -2.34. The van der Waals surface area contributed by atoms with Gasteiger partial charge in [0.25, 0.3) is 0 Å². The quantitative estimate of drug-likeness (QED) is 0.741. The van der Waals surface area contributed by atoms with Crippen LogP contribution >= 0.6 is 0 Å². The van der Waals surface area contributed by atoms with E-state index in [-0.39, 0.29) is 12.4 Å². The summed E-state index contributed by atoms with van der Waals surface area (Å²) in [6, 6.07) is 0. The highest BCUT2D eigenvalue weighted by Crippen LogP contribution is 2.23. The Morgan fingerprint density at radius 1 is 1.19 bits per heavy atom. The molecule has 1 heterocycles. The average molecular weight is 249 g/mol. The van der Waals surface area contributed by atoms with E-state index in [0.717, 1.165) is 6.42 Å². The molecule has 0 radical (unpaired) electrons. The van der Waals surface area contributed by atoms with Crippen LogP contribution in [0, 0.1) is 11.8 Å². The van der Waals surface area contributed by atoms with E-state index in [4.69, 9.17) is 5.11 Å². The van der Waals surface area contributed by atoms with Crippen LogP contribution in [0.1, 0.15) is 33.1 Å². The van der Waals surface area contributed by atoms with Gasteiger partial charge in [-0.2, -0.15) is 0 Å². The highest BCUT2D eigenvalue weighted by Gasteiger charge is 2.29. The summed E-state index contributed by atoms with van der Waals surface area (Å²) in [6.07, 6.45) is 2.24. The summed E-state index contributed by atoms with van der Waals surface area (Å²) in [4.78, 5) is 0. The van der Waals surface area contributed by atoms with Crippen molar-refractivity contribution in [1.29, 1.82) is 0 Å². The van der Waals surface area contributed by atoms with Crippen LogP contribution in [0.15, 0.2) is 0 Å². The fourth-order valence-electron chi connectivity index (χ4n) is 2.36. The minimum Gasteiger partial charge on any atom is -0.396 e. The first kappa shape index (κ1) is 13.9. The van der Waals surface area contributed by atoms with Gasteiger partial charge in [-0.3, -0.25) is 0 Å². The van der Waals surface area contributed by atoms with Crippen molar-refractivity contribution >= 4 is 10.0 Å². The summed E-state index contributed by atoms with van der Waals surface area (Å²) in [5.41, 5.74) is 0. The molecule has 1 saturated heterocycles. The molecule has 0 aromatic heterocycles. The molecule has 0 bridgehead atoms. The van der Waals surface area contributed by atoms with Gasteiger partial charge in [0.15, 0.2) is 0 Å². The lowest BCUT2D eigenvalue weighted by Crippen LogP contribution is -2.43. The zero-order valence-corrected chi connectivity index (χ0v) is 11.0. The van der Waals surface area contributed by atoms with Gasteiger partial charge in [0.05, 0.1) is 5.75 Å². The number of nitrogens with zero attached hydrogens (tertiary/aromatic N) is 1. The molecule has 96 valence electrons.